The molecule has 0 aliphatic carbocycles. The van der Waals surface area contributed by atoms with Gasteiger partial charge in [-0.1, -0.05) is 30.3 Å². The maximum absolute atomic E-state index is 13.6. The van der Waals surface area contributed by atoms with Gasteiger partial charge in [-0.05, 0) is 35.2 Å². The maximum Gasteiger partial charge on any atom is 0.231 e. The van der Waals surface area contributed by atoms with Crippen LogP contribution in [0.1, 0.15) is 15.9 Å². The van der Waals surface area contributed by atoms with Crippen molar-refractivity contribution in [2.45, 2.75) is 0 Å². The van der Waals surface area contributed by atoms with Crippen LogP contribution in [0.25, 0.3) is 16.3 Å². The second-order valence-corrected chi connectivity index (χ2v) is 6.76. The minimum Gasteiger partial charge on any atom is -0.496 e. The molecule has 1 heterocycles. The first-order valence-corrected chi connectivity index (χ1v) is 8.97. The second kappa shape index (κ2) is 7.27. The molecule has 1 aliphatic heterocycles. The monoisotopic (exact) mass is 375 g/mol. The summed E-state index contributed by atoms with van der Waals surface area (Å²) in [6.45, 7) is 0.197. The van der Waals surface area contributed by atoms with E-state index in [-0.39, 0.29) is 12.6 Å². The predicted molar refractivity (Wildman–Crippen MR) is 109 cm³/mol. The first-order valence-electron chi connectivity index (χ1n) is 8.97. The average molecular weight is 375 g/mol. The van der Waals surface area contributed by atoms with Crippen molar-refractivity contribution in [3.05, 3.63) is 71.9 Å². The van der Waals surface area contributed by atoms with E-state index in [2.05, 4.69) is 0 Å². The van der Waals surface area contributed by atoms with Crippen LogP contribution in [-0.2, 0) is 0 Å². The molecule has 5 heteroatoms. The predicted octanol–water partition coefficient (Wildman–Crippen LogP) is 4.36. The van der Waals surface area contributed by atoms with Crippen LogP contribution in [0.2, 0.25) is 0 Å². The zero-order valence-electron chi connectivity index (χ0n) is 16.1. The zero-order chi connectivity index (χ0) is 19.7. The minimum atomic E-state index is -0.0635. The largest absolute Gasteiger partial charge is 0.496 e. The van der Waals surface area contributed by atoms with Crippen LogP contribution in [0.15, 0.2) is 60.8 Å². The quantitative estimate of drug-likeness (QED) is 0.490. The number of benzene rings is 3. The van der Waals surface area contributed by atoms with Gasteiger partial charge in [0.1, 0.15) is 5.75 Å². The number of hydrogen-bond donors (Lipinski definition) is 0. The van der Waals surface area contributed by atoms with Gasteiger partial charge in [-0.15, -0.1) is 0 Å². The van der Waals surface area contributed by atoms with Crippen molar-refractivity contribution >= 4 is 22.1 Å². The Hall–Kier alpha value is -3.47. The van der Waals surface area contributed by atoms with Gasteiger partial charge < -0.3 is 19.1 Å². The molecule has 28 heavy (non-hydrogen) atoms. The van der Waals surface area contributed by atoms with Crippen molar-refractivity contribution < 1.29 is 19.0 Å². The summed E-state index contributed by atoms with van der Waals surface area (Å²) in [6, 6.07) is 17.0. The van der Waals surface area contributed by atoms with Crippen molar-refractivity contribution in [1.29, 1.82) is 0 Å². The van der Waals surface area contributed by atoms with Crippen molar-refractivity contribution in [1.82, 2.24) is 4.90 Å². The van der Waals surface area contributed by atoms with E-state index in [1.807, 2.05) is 79.8 Å². The molecule has 142 valence electrons. The molecule has 0 fully saturated rings. The van der Waals surface area contributed by atoms with Crippen LogP contribution in [-0.4, -0.2) is 38.7 Å². The molecule has 0 N–H and O–H groups in total. The lowest BCUT2D eigenvalue weighted by Gasteiger charge is -2.15. The van der Waals surface area contributed by atoms with E-state index >= 15 is 0 Å². The lowest BCUT2D eigenvalue weighted by molar-refractivity contribution is 0.105. The number of allylic oxidation sites excluding steroid dienone is 1. The van der Waals surface area contributed by atoms with E-state index in [1.54, 1.807) is 7.11 Å². The Morgan fingerprint density at radius 1 is 1.00 bits per heavy atom. The smallest absolute Gasteiger partial charge is 0.231 e. The number of fused-ring (bicyclic) bond motifs is 2. The molecule has 0 amide bonds. The summed E-state index contributed by atoms with van der Waals surface area (Å²) >= 11 is 0. The highest BCUT2D eigenvalue weighted by molar-refractivity contribution is 6.32. The Morgan fingerprint density at radius 2 is 1.75 bits per heavy atom. The zero-order valence-corrected chi connectivity index (χ0v) is 16.1. The molecule has 5 nitrogen and oxygen atoms in total. The van der Waals surface area contributed by atoms with Gasteiger partial charge in [0, 0.05) is 36.8 Å². The van der Waals surface area contributed by atoms with Gasteiger partial charge in [0.15, 0.2) is 17.3 Å². The van der Waals surface area contributed by atoms with Crippen LogP contribution in [0.3, 0.4) is 0 Å². The Balaban J connectivity index is 1.85. The molecule has 4 rings (SSSR count). The number of rotatable bonds is 5. The number of hydrogen-bond acceptors (Lipinski definition) is 5. The van der Waals surface area contributed by atoms with Crippen molar-refractivity contribution in [3.63, 3.8) is 0 Å². The molecule has 0 bridgehead atoms. The summed E-state index contributed by atoms with van der Waals surface area (Å²) in [5, 5.41) is 1.77. The molecule has 0 saturated heterocycles. The molecule has 0 atom stereocenters. The van der Waals surface area contributed by atoms with E-state index in [0.29, 0.717) is 22.6 Å². The Bertz CT molecular complexity index is 1090. The summed E-state index contributed by atoms with van der Waals surface area (Å²) < 4.78 is 16.3. The number of Topliss-reactive ketones (excluding diaryl/α,β-unsaturated/α-hetero) is 1. The molecule has 3 aromatic carbocycles. The van der Waals surface area contributed by atoms with E-state index in [9.17, 15) is 4.79 Å². The van der Waals surface area contributed by atoms with Gasteiger partial charge in [0.25, 0.3) is 0 Å². The highest BCUT2D eigenvalue weighted by atomic mass is 16.7. The number of nitrogens with zero attached hydrogens (tertiary/aromatic N) is 1. The van der Waals surface area contributed by atoms with Gasteiger partial charge >= 0.3 is 0 Å². The summed E-state index contributed by atoms with van der Waals surface area (Å²) in [5.41, 5.74) is 1.99. The van der Waals surface area contributed by atoms with E-state index in [4.69, 9.17) is 14.2 Å². The molecule has 0 spiro atoms. The molecular formula is C23H21NO4. The van der Waals surface area contributed by atoms with Crippen LogP contribution in [0.5, 0.6) is 17.2 Å². The summed E-state index contributed by atoms with van der Waals surface area (Å²) in [6.07, 6.45) is 1.83. The number of ketones is 1. The molecule has 3 aromatic rings. The summed E-state index contributed by atoms with van der Waals surface area (Å²) in [5.74, 6) is 2.02. The first-order chi connectivity index (χ1) is 13.6. The highest BCUT2D eigenvalue weighted by Gasteiger charge is 2.21. The van der Waals surface area contributed by atoms with Crippen LogP contribution in [0.4, 0.5) is 0 Å². The minimum absolute atomic E-state index is 0.0635. The average Bonchev–Trinajstić information content (AvgIpc) is 3.18. The number of methoxy groups -OCH3 is 1. The normalized spacial score (nSPS) is 12.9. The standard InChI is InChI=1S/C23H21NO4/c1-24(2)13-19(15-8-10-21-22(12-15)28-14-27-21)23(25)18-9-11-20(26-3)17-7-5-4-6-16(17)18/h4-13H,14H2,1-3H3/b19-13+. The Kier molecular flexibility index (Phi) is 4.65. The van der Waals surface area contributed by atoms with Gasteiger partial charge in [-0.25, -0.2) is 0 Å². The fourth-order valence-electron chi connectivity index (χ4n) is 3.38. The van der Waals surface area contributed by atoms with Gasteiger partial charge in [0.05, 0.1) is 7.11 Å². The lowest BCUT2D eigenvalue weighted by Crippen LogP contribution is -2.10. The fraction of sp³-hybridized carbons (Fsp3) is 0.174. The van der Waals surface area contributed by atoms with Crippen molar-refractivity contribution in [2.75, 3.05) is 28.0 Å². The van der Waals surface area contributed by atoms with Gasteiger partial charge in [0.2, 0.25) is 6.79 Å². The number of ether oxygens (including phenoxy) is 3. The van der Waals surface area contributed by atoms with Gasteiger partial charge in [-0.2, -0.15) is 0 Å². The van der Waals surface area contributed by atoms with E-state index < -0.39 is 0 Å². The highest BCUT2D eigenvalue weighted by Crippen LogP contribution is 2.36. The van der Waals surface area contributed by atoms with E-state index in [0.717, 1.165) is 22.1 Å². The number of carbonyl (C=O) groups is 1. The molecule has 0 unspecified atom stereocenters. The molecular weight excluding hydrogens is 354 g/mol. The topological polar surface area (TPSA) is 48.0 Å². The third-order valence-corrected chi connectivity index (χ3v) is 4.66. The summed E-state index contributed by atoms with van der Waals surface area (Å²) in [7, 11) is 5.42. The third-order valence-electron chi connectivity index (χ3n) is 4.66. The summed E-state index contributed by atoms with van der Waals surface area (Å²) in [4.78, 5) is 15.5. The van der Waals surface area contributed by atoms with Crippen molar-refractivity contribution in [2.24, 2.45) is 0 Å². The molecule has 1 aliphatic rings. The lowest BCUT2D eigenvalue weighted by atomic mass is 9.93. The third kappa shape index (κ3) is 3.16. The Morgan fingerprint density at radius 3 is 2.50 bits per heavy atom. The van der Waals surface area contributed by atoms with Crippen LogP contribution in [0, 0.1) is 0 Å². The molecule has 0 radical (unpaired) electrons. The fourth-order valence-corrected chi connectivity index (χ4v) is 3.38. The molecule has 0 aromatic heterocycles. The number of carbonyl (C=O) groups excluding carboxylic acids is 1. The van der Waals surface area contributed by atoms with Crippen molar-refractivity contribution in [3.8, 4) is 17.2 Å². The first kappa shape index (κ1) is 17.9. The van der Waals surface area contributed by atoms with Gasteiger partial charge in [-0.3, -0.25) is 4.79 Å². The SMILES string of the molecule is COc1ccc(C(=O)/C(=C/N(C)C)c2ccc3c(c2)OCO3)c2ccccc12. The molecule has 0 saturated carbocycles. The van der Waals surface area contributed by atoms with Crippen LogP contribution < -0.4 is 14.2 Å². The Labute approximate surface area is 163 Å². The van der Waals surface area contributed by atoms with E-state index in [1.165, 1.54) is 0 Å². The maximum atomic E-state index is 13.6. The van der Waals surface area contributed by atoms with Crippen LogP contribution >= 0.6 is 0 Å². The second-order valence-electron chi connectivity index (χ2n) is 6.76.